The summed E-state index contributed by atoms with van der Waals surface area (Å²) < 4.78 is -0.737. The molecule has 0 aromatic rings. The van der Waals surface area contributed by atoms with Crippen molar-refractivity contribution < 1.29 is 29.4 Å². The van der Waals surface area contributed by atoms with Crippen LogP contribution in [0.5, 0.6) is 0 Å². The summed E-state index contributed by atoms with van der Waals surface area (Å²) in [5.41, 5.74) is -2.57. The third-order valence-electron chi connectivity index (χ3n) is 4.17. The summed E-state index contributed by atoms with van der Waals surface area (Å²) in [6.07, 6.45) is -2.20. The second kappa shape index (κ2) is 4.20. The summed E-state index contributed by atoms with van der Waals surface area (Å²) in [5.74, 6) is -1.47. The van der Waals surface area contributed by atoms with Crippen LogP contribution >= 0.6 is 0 Å². The molecule has 1 aliphatic heterocycles. The van der Waals surface area contributed by atoms with Gasteiger partial charge in [-0.15, -0.1) is 0 Å². The monoisotopic (exact) mass is 258 g/mol. The van der Waals surface area contributed by atoms with Crippen LogP contribution in [0.4, 0.5) is 4.79 Å². The molecule has 1 amide bonds. The summed E-state index contributed by atoms with van der Waals surface area (Å²) in [4.78, 5) is 23.1. The highest BCUT2D eigenvalue weighted by molar-refractivity contribution is 5.77. The predicted molar refractivity (Wildman–Crippen MR) is 58.9 cm³/mol. The topological polar surface area (TPSA) is 100 Å². The van der Waals surface area contributed by atoms with Gasteiger partial charge in [-0.25, -0.2) is 0 Å². The van der Waals surface area contributed by atoms with E-state index in [9.17, 15) is 24.9 Å². The molecule has 3 atom stereocenters. The van der Waals surface area contributed by atoms with Gasteiger partial charge in [0.2, 0.25) is 0 Å². The Morgan fingerprint density at radius 1 is 1.33 bits per heavy atom. The fourth-order valence-corrected chi connectivity index (χ4v) is 3.19. The molecule has 1 saturated heterocycles. The first-order chi connectivity index (χ1) is 7.99. The molecule has 6 heteroatoms. The third kappa shape index (κ3) is 1.80. The Balaban J connectivity index is 3.47. The zero-order chi connectivity index (χ0) is 14.4. The molecule has 1 rings (SSSR count). The van der Waals surface area contributed by atoms with Crippen LogP contribution in [-0.2, 0) is 4.79 Å². The van der Waals surface area contributed by atoms with E-state index in [1.807, 2.05) is 0 Å². The number of carboxylic acid groups (broad SMARTS) is 2. The van der Waals surface area contributed by atoms with Gasteiger partial charge in [0.05, 0.1) is 18.2 Å². The Kier molecular flexibility index (Phi) is 3.49. The van der Waals surface area contributed by atoms with Crippen LogP contribution in [0.15, 0.2) is 0 Å². The largest absolute Gasteiger partial charge is 0.544 e. The first-order valence-corrected chi connectivity index (χ1v) is 5.98. The Hall–Kier alpha value is -1.14. The highest BCUT2D eigenvalue weighted by Gasteiger charge is 2.60. The molecule has 18 heavy (non-hydrogen) atoms. The Labute approximate surface area is 106 Å². The zero-order valence-electron chi connectivity index (χ0n) is 11.2. The van der Waals surface area contributed by atoms with Crippen molar-refractivity contribution in [3.63, 3.8) is 0 Å². The van der Waals surface area contributed by atoms with Gasteiger partial charge in [0.1, 0.15) is 11.5 Å². The number of carbonyl (C=O) groups is 2. The lowest BCUT2D eigenvalue weighted by Gasteiger charge is -2.61. The zero-order valence-corrected chi connectivity index (χ0v) is 11.2. The highest BCUT2D eigenvalue weighted by atomic mass is 16.4. The molecular weight excluding hydrogens is 238 g/mol. The fourth-order valence-electron chi connectivity index (χ4n) is 3.19. The predicted octanol–water partition coefficient (Wildman–Crippen LogP) is -1.39. The van der Waals surface area contributed by atoms with Crippen LogP contribution in [0.25, 0.3) is 0 Å². The molecule has 0 spiro atoms. The molecule has 1 heterocycles. The standard InChI is InChI=1S/C12H21NO5/c1-11(2,3)13(10(17)18)6-5-8(14)7-12(13,4)9(15)16/h8,14H,5-7H2,1-4H3,(H-,15,16,17,18)/p-1/t8-,12+,13?/m0/s1. The second-order valence-electron chi connectivity index (χ2n) is 6.18. The van der Waals surface area contributed by atoms with Gasteiger partial charge in [-0.1, -0.05) is 0 Å². The minimum Gasteiger partial charge on any atom is -0.544 e. The van der Waals surface area contributed by atoms with E-state index in [0.717, 1.165) is 0 Å². The number of carboxylic acids is 1. The Morgan fingerprint density at radius 2 is 1.83 bits per heavy atom. The first-order valence-electron chi connectivity index (χ1n) is 5.98. The van der Waals surface area contributed by atoms with Crippen LogP contribution in [0.1, 0.15) is 40.5 Å². The van der Waals surface area contributed by atoms with E-state index in [4.69, 9.17) is 0 Å². The number of piperidine rings is 1. The van der Waals surface area contributed by atoms with Crippen molar-refractivity contribution >= 4 is 12.1 Å². The minimum absolute atomic E-state index is 0.0114. The molecule has 104 valence electrons. The molecular formula is C12H20NO5-. The average molecular weight is 258 g/mol. The minimum atomic E-state index is -1.70. The van der Waals surface area contributed by atoms with Gasteiger partial charge in [-0.05, 0) is 27.7 Å². The molecule has 1 unspecified atom stereocenters. The van der Waals surface area contributed by atoms with Crippen molar-refractivity contribution in [1.29, 1.82) is 0 Å². The number of hydrogen-bond acceptors (Lipinski definition) is 5. The van der Waals surface area contributed by atoms with E-state index in [0.29, 0.717) is 0 Å². The van der Waals surface area contributed by atoms with Gasteiger partial charge in [-0.3, -0.25) is 4.48 Å². The van der Waals surface area contributed by atoms with Crippen molar-refractivity contribution in [2.75, 3.05) is 6.54 Å². The van der Waals surface area contributed by atoms with E-state index in [1.54, 1.807) is 20.8 Å². The lowest BCUT2D eigenvalue weighted by atomic mass is 9.79. The summed E-state index contributed by atoms with van der Waals surface area (Å²) in [5, 5.41) is 32.8. The molecule has 1 aliphatic rings. The number of aliphatic hydroxyl groups is 1. The van der Waals surface area contributed by atoms with Crippen molar-refractivity contribution in [3.8, 4) is 0 Å². The molecule has 0 aromatic carbocycles. The molecule has 0 bridgehead atoms. The second-order valence-corrected chi connectivity index (χ2v) is 6.18. The van der Waals surface area contributed by atoms with Crippen LogP contribution in [0.2, 0.25) is 0 Å². The number of rotatable bonds is 1. The Bertz CT molecular complexity index is 375. The number of aliphatic hydroxyl groups excluding tert-OH is 1. The maximum absolute atomic E-state index is 11.6. The van der Waals surface area contributed by atoms with Crippen molar-refractivity contribution in [3.05, 3.63) is 0 Å². The molecule has 1 N–H and O–H groups in total. The quantitative estimate of drug-likeness (QED) is 0.583. The average Bonchev–Trinajstić information content (AvgIpc) is 2.14. The Morgan fingerprint density at radius 3 is 2.17 bits per heavy atom. The van der Waals surface area contributed by atoms with Gasteiger partial charge in [-0.2, -0.15) is 0 Å². The normalized spacial score (nSPS) is 37.3. The summed E-state index contributed by atoms with van der Waals surface area (Å²) >= 11 is 0. The molecule has 6 nitrogen and oxygen atoms in total. The van der Waals surface area contributed by atoms with Gasteiger partial charge in [0, 0.05) is 12.8 Å². The van der Waals surface area contributed by atoms with Crippen molar-refractivity contribution in [1.82, 2.24) is 0 Å². The fraction of sp³-hybridized carbons (Fsp3) is 0.833. The number of quaternary nitrogens is 1. The molecule has 1 fully saturated rings. The summed E-state index contributed by atoms with van der Waals surface area (Å²) in [6, 6.07) is 0. The number of carbonyl (C=O) groups excluding carboxylic acids is 2. The highest BCUT2D eigenvalue weighted by Crippen LogP contribution is 2.42. The van der Waals surface area contributed by atoms with E-state index < -0.39 is 33.7 Å². The van der Waals surface area contributed by atoms with E-state index in [2.05, 4.69) is 0 Å². The van der Waals surface area contributed by atoms with Gasteiger partial charge >= 0.3 is 0 Å². The molecule has 0 radical (unpaired) electrons. The maximum Gasteiger partial charge on any atom is 0.258 e. The molecule has 0 aromatic heterocycles. The number of likely N-dealkylation sites (tertiary alicyclic amines) is 1. The molecule has 0 aliphatic carbocycles. The van der Waals surface area contributed by atoms with E-state index in [-0.39, 0.29) is 19.4 Å². The van der Waals surface area contributed by atoms with Crippen molar-refractivity contribution in [2.45, 2.75) is 57.7 Å². The van der Waals surface area contributed by atoms with Crippen LogP contribution in [0, 0.1) is 0 Å². The first kappa shape index (κ1) is 14.9. The van der Waals surface area contributed by atoms with Gasteiger partial charge in [0.15, 0.2) is 0 Å². The summed E-state index contributed by atoms with van der Waals surface area (Å²) in [6.45, 7) is 6.29. The lowest BCUT2D eigenvalue weighted by molar-refractivity contribution is -0.962. The van der Waals surface area contributed by atoms with E-state index in [1.165, 1.54) is 6.92 Å². The van der Waals surface area contributed by atoms with Crippen LogP contribution in [-0.4, -0.2) is 45.4 Å². The SMILES string of the molecule is CC(C)(C)[N+]1(C(=O)[O-])CC[C@H](O)C[C@]1(C)C(=O)[O-]. The number of aliphatic carboxylic acids is 1. The van der Waals surface area contributed by atoms with Gasteiger partial charge in [0.25, 0.3) is 6.09 Å². The van der Waals surface area contributed by atoms with Gasteiger partial charge < -0.3 is 24.9 Å². The number of nitrogens with zero attached hydrogens (tertiary/aromatic N) is 1. The molecule has 0 saturated carbocycles. The lowest BCUT2D eigenvalue weighted by Crippen LogP contribution is -2.82. The third-order valence-corrected chi connectivity index (χ3v) is 4.17. The smallest absolute Gasteiger partial charge is 0.258 e. The number of amides is 1. The summed E-state index contributed by atoms with van der Waals surface area (Å²) in [7, 11) is 0. The number of hydrogen-bond donors (Lipinski definition) is 1. The van der Waals surface area contributed by atoms with Crippen molar-refractivity contribution in [2.24, 2.45) is 0 Å². The van der Waals surface area contributed by atoms with E-state index >= 15 is 0 Å². The van der Waals surface area contributed by atoms with Crippen LogP contribution < -0.4 is 10.2 Å². The maximum atomic E-state index is 11.6. The van der Waals surface area contributed by atoms with Crippen LogP contribution in [0.3, 0.4) is 0 Å².